The number of unbranched alkanes of at least 4 members (excludes halogenated alkanes) is 1. The third-order valence-corrected chi connectivity index (χ3v) is 4.94. The van der Waals surface area contributed by atoms with E-state index in [1.54, 1.807) is 18.2 Å². The van der Waals surface area contributed by atoms with Gasteiger partial charge in [-0.3, -0.25) is 4.79 Å². The van der Waals surface area contributed by atoms with Crippen molar-refractivity contribution in [2.24, 2.45) is 0 Å². The van der Waals surface area contributed by atoms with Crippen molar-refractivity contribution in [3.8, 4) is 11.5 Å². The summed E-state index contributed by atoms with van der Waals surface area (Å²) in [4.78, 5) is 17.0. The molecule has 148 valence electrons. The third kappa shape index (κ3) is 4.20. The van der Waals surface area contributed by atoms with Gasteiger partial charge in [-0.05, 0) is 55.9 Å². The number of fused-ring (bicyclic) bond motifs is 1. The van der Waals surface area contributed by atoms with Crippen molar-refractivity contribution in [3.63, 3.8) is 0 Å². The molecular formula is C23H28N2O3. The maximum Gasteiger partial charge on any atom is 0.231 e. The van der Waals surface area contributed by atoms with Gasteiger partial charge in [-0.15, -0.1) is 0 Å². The first-order valence-corrected chi connectivity index (χ1v) is 9.65. The zero-order chi connectivity index (χ0) is 20.3. The summed E-state index contributed by atoms with van der Waals surface area (Å²) in [6.07, 6.45) is 3.95. The zero-order valence-electron chi connectivity index (χ0n) is 17.0. The molecule has 0 spiro atoms. The summed E-state index contributed by atoms with van der Waals surface area (Å²) in [5.74, 6) is 0.774. The van der Waals surface area contributed by atoms with Crippen LogP contribution in [-0.2, 0) is 6.54 Å². The Hall–Kier alpha value is -2.79. The van der Waals surface area contributed by atoms with Crippen LogP contribution in [0.3, 0.4) is 0 Å². The minimum absolute atomic E-state index is 0.149. The molecule has 1 heterocycles. The van der Waals surface area contributed by atoms with Gasteiger partial charge in [0.1, 0.15) is 11.5 Å². The van der Waals surface area contributed by atoms with E-state index in [1.807, 2.05) is 50.3 Å². The maximum atomic E-state index is 12.8. The van der Waals surface area contributed by atoms with E-state index in [0.717, 1.165) is 30.6 Å². The van der Waals surface area contributed by atoms with Gasteiger partial charge >= 0.3 is 0 Å². The van der Waals surface area contributed by atoms with E-state index >= 15 is 0 Å². The number of aromatic hydroxyl groups is 1. The number of anilines is 1. The van der Waals surface area contributed by atoms with Crippen molar-refractivity contribution < 1.29 is 14.6 Å². The minimum atomic E-state index is -0.149. The molecule has 2 aromatic carbocycles. The molecule has 0 radical (unpaired) electrons. The summed E-state index contributed by atoms with van der Waals surface area (Å²) in [5, 5.41) is 10.4. The van der Waals surface area contributed by atoms with Gasteiger partial charge in [0.2, 0.25) is 5.78 Å². The Kier molecular flexibility index (Phi) is 6.05. The smallest absolute Gasteiger partial charge is 0.231 e. The number of carbonyl (C=O) groups excluding carboxylic acids is 1. The van der Waals surface area contributed by atoms with Gasteiger partial charge in [-0.2, -0.15) is 0 Å². The predicted molar refractivity (Wildman–Crippen MR) is 113 cm³/mol. The van der Waals surface area contributed by atoms with Crippen LogP contribution in [0, 0.1) is 0 Å². The number of ketones is 1. The van der Waals surface area contributed by atoms with Crippen LogP contribution in [0.4, 0.5) is 5.69 Å². The lowest BCUT2D eigenvalue weighted by Crippen LogP contribution is -2.19. The molecule has 0 atom stereocenters. The third-order valence-electron chi connectivity index (χ3n) is 4.94. The molecule has 1 aliphatic heterocycles. The van der Waals surface area contributed by atoms with Crippen LogP contribution in [0.2, 0.25) is 0 Å². The van der Waals surface area contributed by atoms with Gasteiger partial charge in [0.05, 0.1) is 11.1 Å². The number of allylic oxidation sites excluding steroid dienone is 1. The summed E-state index contributed by atoms with van der Waals surface area (Å²) in [7, 11) is 5.98. The first-order valence-electron chi connectivity index (χ1n) is 9.65. The number of benzene rings is 2. The Labute approximate surface area is 166 Å². The number of phenols is 1. The standard InChI is InChI=1S/C23H28N2O3/c1-5-6-13-25(4)15-19-20(26)12-11-18-22(27)21(28-23(18)19)14-16-7-9-17(10-8-16)24(2)3/h7-12,14,26H,5-6,13,15H2,1-4H3/b21-14-. The van der Waals surface area contributed by atoms with Crippen LogP contribution >= 0.6 is 0 Å². The Morgan fingerprint density at radius 3 is 2.43 bits per heavy atom. The molecule has 5 heteroatoms. The summed E-state index contributed by atoms with van der Waals surface area (Å²) in [5.41, 5.74) is 3.16. The molecule has 28 heavy (non-hydrogen) atoms. The lowest BCUT2D eigenvalue weighted by atomic mass is 10.0. The highest BCUT2D eigenvalue weighted by atomic mass is 16.5. The van der Waals surface area contributed by atoms with Crippen molar-refractivity contribution in [2.75, 3.05) is 32.6 Å². The topological polar surface area (TPSA) is 53.0 Å². The van der Waals surface area contributed by atoms with Gasteiger partial charge in [0.15, 0.2) is 5.76 Å². The van der Waals surface area contributed by atoms with Gasteiger partial charge in [-0.25, -0.2) is 0 Å². The Balaban J connectivity index is 1.86. The Morgan fingerprint density at radius 2 is 1.79 bits per heavy atom. The van der Waals surface area contributed by atoms with Crippen LogP contribution < -0.4 is 9.64 Å². The summed E-state index contributed by atoms with van der Waals surface area (Å²) in [6.45, 7) is 3.61. The Bertz CT molecular complexity index is 885. The Morgan fingerprint density at radius 1 is 1.07 bits per heavy atom. The van der Waals surface area contributed by atoms with E-state index in [4.69, 9.17) is 4.74 Å². The molecule has 0 aromatic heterocycles. The van der Waals surface area contributed by atoms with E-state index in [1.165, 1.54) is 0 Å². The van der Waals surface area contributed by atoms with Gasteiger partial charge in [0.25, 0.3) is 0 Å². The number of Topliss-reactive ketones (excluding diaryl/α,β-unsaturated/α-hetero) is 1. The number of carbonyl (C=O) groups is 1. The number of hydrogen-bond acceptors (Lipinski definition) is 5. The van der Waals surface area contributed by atoms with E-state index in [2.05, 4.69) is 11.8 Å². The van der Waals surface area contributed by atoms with E-state index in [-0.39, 0.29) is 17.3 Å². The predicted octanol–water partition coefficient (Wildman–Crippen LogP) is 4.31. The molecule has 0 bridgehead atoms. The zero-order valence-corrected chi connectivity index (χ0v) is 17.0. The van der Waals surface area contributed by atoms with Crippen LogP contribution in [0.25, 0.3) is 6.08 Å². The van der Waals surface area contributed by atoms with Crippen molar-refractivity contribution >= 4 is 17.5 Å². The van der Waals surface area contributed by atoms with Crippen LogP contribution in [0.1, 0.15) is 41.3 Å². The lowest BCUT2D eigenvalue weighted by molar-refractivity contribution is 0.101. The average molecular weight is 380 g/mol. The first-order chi connectivity index (χ1) is 13.4. The fraction of sp³-hybridized carbons (Fsp3) is 0.348. The molecule has 3 rings (SSSR count). The van der Waals surface area contributed by atoms with Crippen LogP contribution in [-0.4, -0.2) is 43.5 Å². The second-order valence-corrected chi connectivity index (χ2v) is 7.46. The summed E-state index contributed by atoms with van der Waals surface area (Å²) in [6, 6.07) is 11.1. The number of ether oxygens (including phenoxy) is 1. The fourth-order valence-electron chi connectivity index (χ4n) is 3.25. The summed E-state index contributed by atoms with van der Waals surface area (Å²) < 4.78 is 5.93. The molecular weight excluding hydrogens is 352 g/mol. The fourth-order valence-corrected chi connectivity index (χ4v) is 3.25. The molecule has 0 amide bonds. The quantitative estimate of drug-likeness (QED) is 0.726. The minimum Gasteiger partial charge on any atom is -0.507 e. The lowest BCUT2D eigenvalue weighted by Gasteiger charge is -2.18. The van der Waals surface area contributed by atoms with Crippen LogP contribution in [0.5, 0.6) is 11.5 Å². The van der Waals surface area contributed by atoms with Crippen molar-refractivity contribution in [1.29, 1.82) is 0 Å². The average Bonchev–Trinajstić information content (AvgIpc) is 2.98. The monoisotopic (exact) mass is 380 g/mol. The maximum absolute atomic E-state index is 12.8. The number of rotatable bonds is 7. The first kappa shape index (κ1) is 20.0. The molecule has 0 saturated heterocycles. The van der Waals surface area contributed by atoms with Gasteiger partial charge < -0.3 is 19.6 Å². The number of hydrogen-bond donors (Lipinski definition) is 1. The largest absolute Gasteiger partial charge is 0.507 e. The molecule has 2 aromatic rings. The number of phenolic OH excluding ortho intramolecular Hbond substituents is 1. The molecule has 1 N–H and O–H groups in total. The molecule has 0 unspecified atom stereocenters. The normalized spacial score (nSPS) is 14.5. The molecule has 5 nitrogen and oxygen atoms in total. The highest BCUT2D eigenvalue weighted by molar-refractivity contribution is 6.15. The molecule has 0 aliphatic carbocycles. The van der Waals surface area contributed by atoms with Gasteiger partial charge in [-0.1, -0.05) is 25.5 Å². The van der Waals surface area contributed by atoms with Crippen molar-refractivity contribution in [3.05, 3.63) is 58.8 Å². The van der Waals surface area contributed by atoms with Crippen LogP contribution in [0.15, 0.2) is 42.2 Å². The van der Waals surface area contributed by atoms with Crippen molar-refractivity contribution in [2.45, 2.75) is 26.3 Å². The van der Waals surface area contributed by atoms with E-state index in [0.29, 0.717) is 23.4 Å². The molecule has 0 fully saturated rings. The van der Waals surface area contributed by atoms with Crippen molar-refractivity contribution in [1.82, 2.24) is 4.90 Å². The molecule has 0 saturated carbocycles. The van der Waals surface area contributed by atoms with Gasteiger partial charge in [0, 0.05) is 26.3 Å². The van der Waals surface area contributed by atoms with E-state index < -0.39 is 0 Å². The second-order valence-electron chi connectivity index (χ2n) is 7.46. The highest BCUT2D eigenvalue weighted by Gasteiger charge is 2.31. The number of nitrogens with zero attached hydrogens (tertiary/aromatic N) is 2. The second kappa shape index (κ2) is 8.48. The molecule has 1 aliphatic rings. The SMILES string of the molecule is CCCCN(C)Cc1c(O)ccc2c1O/C(=C\c1ccc(N(C)C)cc1)C2=O. The van der Waals surface area contributed by atoms with E-state index in [9.17, 15) is 9.90 Å². The summed E-state index contributed by atoms with van der Waals surface area (Å²) >= 11 is 0. The highest BCUT2D eigenvalue weighted by Crippen LogP contribution is 2.40.